The highest BCUT2D eigenvalue weighted by atomic mass is 16.4. The summed E-state index contributed by atoms with van der Waals surface area (Å²) in [4.78, 5) is 0. The van der Waals surface area contributed by atoms with Gasteiger partial charge in [-0.25, -0.2) is 0 Å². The van der Waals surface area contributed by atoms with Crippen LogP contribution in [0.4, 0.5) is 0 Å². The highest BCUT2D eigenvalue weighted by Gasteiger charge is 2.45. The fourth-order valence-electron chi connectivity index (χ4n) is 2.45. The molecule has 0 aliphatic heterocycles. The van der Waals surface area contributed by atoms with Gasteiger partial charge in [0.1, 0.15) is 5.84 Å². The van der Waals surface area contributed by atoms with Crippen LogP contribution >= 0.6 is 0 Å². The lowest BCUT2D eigenvalue weighted by Crippen LogP contribution is -2.29. The van der Waals surface area contributed by atoms with Gasteiger partial charge >= 0.3 is 0 Å². The summed E-state index contributed by atoms with van der Waals surface area (Å²) in [6, 6.07) is 10.3. The van der Waals surface area contributed by atoms with E-state index in [1.165, 1.54) is 12.0 Å². The van der Waals surface area contributed by atoms with E-state index in [1.54, 1.807) is 0 Å². The largest absolute Gasteiger partial charge is 0.409 e. The van der Waals surface area contributed by atoms with Gasteiger partial charge in [0.2, 0.25) is 0 Å². The number of nitrogens with zero attached hydrogens (tertiary/aromatic N) is 1. The first-order chi connectivity index (χ1) is 9.03. The Morgan fingerprint density at radius 3 is 2.63 bits per heavy atom. The second-order valence-corrected chi connectivity index (χ2v) is 6.06. The smallest absolute Gasteiger partial charge is 0.141 e. The highest BCUT2D eigenvalue weighted by Crippen LogP contribution is 2.51. The SMILES string of the molecule is CC1(C)CC1CNC(C/C(N)=N/O)c1ccccc1. The highest BCUT2D eigenvalue weighted by molar-refractivity contribution is 5.80. The molecule has 1 saturated carbocycles. The Kier molecular flexibility index (Phi) is 4.10. The van der Waals surface area contributed by atoms with E-state index < -0.39 is 0 Å². The summed E-state index contributed by atoms with van der Waals surface area (Å²) in [7, 11) is 0. The molecular formula is C15H23N3O. The maximum atomic E-state index is 8.74. The summed E-state index contributed by atoms with van der Waals surface area (Å²) >= 11 is 0. The van der Waals surface area contributed by atoms with Crippen molar-refractivity contribution < 1.29 is 5.21 Å². The molecule has 104 valence electrons. The molecule has 0 bridgehead atoms. The second kappa shape index (κ2) is 5.61. The average Bonchev–Trinajstić information content (AvgIpc) is 3.02. The Labute approximate surface area is 114 Å². The minimum atomic E-state index is 0.105. The van der Waals surface area contributed by atoms with Crippen molar-refractivity contribution in [1.82, 2.24) is 5.32 Å². The second-order valence-electron chi connectivity index (χ2n) is 6.06. The van der Waals surface area contributed by atoms with Gasteiger partial charge in [0.15, 0.2) is 0 Å². The summed E-state index contributed by atoms with van der Waals surface area (Å²) in [5.41, 5.74) is 7.28. The van der Waals surface area contributed by atoms with Crippen LogP contribution in [-0.4, -0.2) is 17.6 Å². The van der Waals surface area contributed by atoms with Gasteiger partial charge in [-0.3, -0.25) is 0 Å². The van der Waals surface area contributed by atoms with Gasteiger partial charge in [-0.15, -0.1) is 0 Å². The maximum Gasteiger partial charge on any atom is 0.141 e. The summed E-state index contributed by atoms with van der Waals surface area (Å²) in [6.45, 7) is 5.56. The summed E-state index contributed by atoms with van der Waals surface area (Å²) < 4.78 is 0. The predicted octanol–water partition coefficient (Wildman–Crippen LogP) is 2.50. The van der Waals surface area contributed by atoms with Crippen LogP contribution in [0.25, 0.3) is 0 Å². The van der Waals surface area contributed by atoms with E-state index in [0.717, 1.165) is 12.5 Å². The molecule has 4 N–H and O–H groups in total. The molecule has 2 atom stereocenters. The molecule has 1 aromatic carbocycles. The van der Waals surface area contributed by atoms with E-state index in [0.29, 0.717) is 11.8 Å². The van der Waals surface area contributed by atoms with Gasteiger partial charge < -0.3 is 16.3 Å². The van der Waals surface area contributed by atoms with Crippen molar-refractivity contribution in [3.8, 4) is 0 Å². The van der Waals surface area contributed by atoms with Gasteiger partial charge in [-0.05, 0) is 29.9 Å². The number of oxime groups is 1. The standard InChI is InChI=1S/C15H23N3O/c1-15(2)9-12(15)10-17-13(8-14(16)18-19)11-6-4-3-5-7-11/h3-7,12-13,17,19H,8-10H2,1-2H3,(H2,16,18). The number of hydrogen-bond donors (Lipinski definition) is 3. The first-order valence-electron chi connectivity index (χ1n) is 6.77. The van der Waals surface area contributed by atoms with E-state index in [9.17, 15) is 0 Å². The van der Waals surface area contributed by atoms with Gasteiger partial charge in [0, 0.05) is 12.5 Å². The van der Waals surface area contributed by atoms with Crippen molar-refractivity contribution in [3.05, 3.63) is 35.9 Å². The normalized spacial score (nSPS) is 23.1. The van der Waals surface area contributed by atoms with E-state index in [-0.39, 0.29) is 11.9 Å². The van der Waals surface area contributed by atoms with Crippen LogP contribution in [0.15, 0.2) is 35.5 Å². The third-order valence-electron chi connectivity index (χ3n) is 4.07. The minimum Gasteiger partial charge on any atom is -0.409 e. The molecule has 2 rings (SSSR count). The van der Waals surface area contributed by atoms with Gasteiger partial charge in [0.05, 0.1) is 0 Å². The van der Waals surface area contributed by atoms with E-state index in [2.05, 4.69) is 36.5 Å². The molecular weight excluding hydrogens is 238 g/mol. The first kappa shape index (κ1) is 13.9. The minimum absolute atomic E-state index is 0.105. The van der Waals surface area contributed by atoms with E-state index >= 15 is 0 Å². The zero-order valence-electron chi connectivity index (χ0n) is 11.6. The van der Waals surface area contributed by atoms with Crippen molar-refractivity contribution in [2.75, 3.05) is 6.54 Å². The molecule has 1 fully saturated rings. The van der Waals surface area contributed by atoms with E-state index in [4.69, 9.17) is 10.9 Å². The van der Waals surface area contributed by atoms with Crippen LogP contribution in [0.3, 0.4) is 0 Å². The zero-order chi connectivity index (χ0) is 13.9. The van der Waals surface area contributed by atoms with E-state index in [1.807, 2.05) is 18.2 Å². The topological polar surface area (TPSA) is 70.6 Å². The molecule has 0 radical (unpaired) electrons. The molecule has 0 aromatic heterocycles. The fourth-order valence-corrected chi connectivity index (χ4v) is 2.45. The Balaban J connectivity index is 1.98. The molecule has 4 heteroatoms. The van der Waals surface area contributed by atoms with Gasteiger partial charge in [0.25, 0.3) is 0 Å². The zero-order valence-corrected chi connectivity index (χ0v) is 11.6. The maximum absolute atomic E-state index is 8.74. The number of hydrogen-bond acceptors (Lipinski definition) is 3. The first-order valence-corrected chi connectivity index (χ1v) is 6.77. The molecule has 4 nitrogen and oxygen atoms in total. The fraction of sp³-hybridized carbons (Fsp3) is 0.533. The summed E-state index contributed by atoms with van der Waals surface area (Å²) in [5, 5.41) is 15.4. The quantitative estimate of drug-likeness (QED) is 0.319. The third-order valence-corrected chi connectivity index (χ3v) is 4.07. The van der Waals surface area contributed by atoms with Crippen molar-refractivity contribution in [2.24, 2.45) is 22.2 Å². The van der Waals surface area contributed by atoms with Crippen molar-refractivity contribution >= 4 is 5.84 Å². The third kappa shape index (κ3) is 3.70. The summed E-state index contributed by atoms with van der Waals surface area (Å²) in [5.74, 6) is 0.988. The molecule has 1 aliphatic rings. The predicted molar refractivity (Wildman–Crippen MR) is 77.1 cm³/mol. The lowest BCUT2D eigenvalue weighted by molar-refractivity contribution is 0.315. The molecule has 0 spiro atoms. The molecule has 0 amide bonds. The molecule has 0 saturated heterocycles. The number of benzene rings is 1. The van der Waals surface area contributed by atoms with Crippen molar-refractivity contribution in [3.63, 3.8) is 0 Å². The van der Waals surface area contributed by atoms with Gasteiger partial charge in [-0.2, -0.15) is 0 Å². The lowest BCUT2D eigenvalue weighted by atomic mass is 10.0. The monoisotopic (exact) mass is 261 g/mol. The van der Waals surface area contributed by atoms with Gasteiger partial charge in [-0.1, -0.05) is 49.3 Å². The Morgan fingerprint density at radius 1 is 1.47 bits per heavy atom. The molecule has 2 unspecified atom stereocenters. The number of nitrogens with two attached hydrogens (primary N) is 1. The molecule has 1 aromatic rings. The Morgan fingerprint density at radius 2 is 2.11 bits per heavy atom. The van der Waals surface area contributed by atoms with Crippen LogP contribution in [0.1, 0.15) is 38.3 Å². The lowest BCUT2D eigenvalue weighted by Gasteiger charge is -2.19. The number of amidine groups is 1. The molecule has 19 heavy (non-hydrogen) atoms. The number of nitrogens with one attached hydrogen (secondary N) is 1. The number of rotatable bonds is 6. The summed E-state index contributed by atoms with van der Waals surface area (Å²) in [6.07, 6.45) is 1.79. The van der Waals surface area contributed by atoms with Crippen LogP contribution in [-0.2, 0) is 0 Å². The Bertz CT molecular complexity index is 442. The van der Waals surface area contributed by atoms with Crippen LogP contribution in [0.5, 0.6) is 0 Å². The average molecular weight is 261 g/mol. The van der Waals surface area contributed by atoms with Crippen LogP contribution < -0.4 is 11.1 Å². The van der Waals surface area contributed by atoms with Crippen molar-refractivity contribution in [1.29, 1.82) is 0 Å². The van der Waals surface area contributed by atoms with Crippen LogP contribution in [0, 0.1) is 11.3 Å². The van der Waals surface area contributed by atoms with Crippen molar-refractivity contribution in [2.45, 2.75) is 32.7 Å². The van der Waals surface area contributed by atoms with Crippen LogP contribution in [0.2, 0.25) is 0 Å². The molecule has 0 heterocycles. The molecule has 1 aliphatic carbocycles. The Hall–Kier alpha value is -1.55.